The molecule has 1 fully saturated rings. The molecule has 1 amide bonds. The van der Waals surface area contributed by atoms with Gasteiger partial charge in [-0.05, 0) is 35.5 Å². The van der Waals surface area contributed by atoms with Gasteiger partial charge in [0.15, 0.2) is 0 Å². The summed E-state index contributed by atoms with van der Waals surface area (Å²) < 4.78 is 1.62. The second kappa shape index (κ2) is 9.31. The van der Waals surface area contributed by atoms with Crippen molar-refractivity contribution in [2.24, 2.45) is 5.92 Å². The summed E-state index contributed by atoms with van der Waals surface area (Å²) in [5.74, 6) is -0.690. The van der Waals surface area contributed by atoms with E-state index in [9.17, 15) is 14.7 Å². The zero-order chi connectivity index (χ0) is 22.8. The highest BCUT2D eigenvalue weighted by Gasteiger charge is 2.26. The van der Waals surface area contributed by atoms with E-state index in [4.69, 9.17) is 0 Å². The topological polar surface area (TPSA) is 86.6 Å². The Morgan fingerprint density at radius 3 is 2.59 bits per heavy atom. The summed E-state index contributed by atoms with van der Waals surface area (Å²) in [5.41, 5.74) is 1.32. The van der Waals surface area contributed by atoms with Gasteiger partial charge in [0.2, 0.25) is 0 Å². The lowest BCUT2D eigenvalue weighted by atomic mass is 10.0. The fraction of sp³-hybridized carbons (Fsp3) is 0.333. The molecule has 3 aromatic rings. The van der Waals surface area contributed by atoms with Crippen LogP contribution in [-0.4, -0.2) is 41.8 Å². The minimum atomic E-state index is -0.613. The number of carbonyl (C=O) groups excluding carboxylic acids is 1. The Morgan fingerprint density at radius 2 is 1.91 bits per heavy atom. The van der Waals surface area contributed by atoms with Crippen LogP contribution in [0.4, 0.5) is 11.4 Å². The number of piperazine rings is 1. The molecule has 1 aromatic heterocycles. The van der Waals surface area contributed by atoms with Gasteiger partial charge < -0.3 is 25.2 Å². The van der Waals surface area contributed by atoms with Gasteiger partial charge in [-0.3, -0.25) is 9.59 Å². The molecular weight excluding hydrogens is 423 g/mol. The Kier molecular flexibility index (Phi) is 6.49. The summed E-state index contributed by atoms with van der Waals surface area (Å²) in [7, 11) is 2.58. The maximum atomic E-state index is 13.4. The van der Waals surface area contributed by atoms with Gasteiger partial charge in [-0.15, -0.1) is 9.24 Å². The number of hydrogen-bond acceptors (Lipinski definition) is 5. The van der Waals surface area contributed by atoms with E-state index in [1.165, 1.54) is 0 Å². The average molecular weight is 452 g/mol. The molecule has 0 radical (unpaired) electrons. The third kappa shape index (κ3) is 4.36. The van der Waals surface area contributed by atoms with E-state index in [-0.39, 0.29) is 17.2 Å². The third-order valence-electron chi connectivity index (χ3n) is 5.62. The Morgan fingerprint density at radius 1 is 1.19 bits per heavy atom. The van der Waals surface area contributed by atoms with Crippen molar-refractivity contribution in [1.82, 2.24) is 9.88 Å². The highest BCUT2D eigenvalue weighted by molar-refractivity contribution is 7.27. The van der Waals surface area contributed by atoms with Crippen molar-refractivity contribution >= 4 is 42.7 Å². The fourth-order valence-corrected chi connectivity index (χ4v) is 4.49. The van der Waals surface area contributed by atoms with Crippen LogP contribution in [0.1, 0.15) is 24.2 Å². The molecule has 32 heavy (non-hydrogen) atoms. The van der Waals surface area contributed by atoms with Crippen molar-refractivity contribution in [3.05, 3.63) is 58.4 Å². The maximum Gasteiger partial charge on any atom is 0.267 e. The second-order valence-corrected chi connectivity index (χ2v) is 9.19. The quantitative estimate of drug-likeness (QED) is 0.518. The molecule has 1 saturated heterocycles. The lowest BCUT2D eigenvalue weighted by Gasteiger charge is -2.31. The molecule has 4 rings (SSSR count). The number of pyridine rings is 1. The minimum absolute atomic E-state index is 0.188. The molecule has 1 aliphatic heterocycles. The fourth-order valence-electron chi connectivity index (χ4n) is 4.20. The number of aromatic hydroxyl groups is 1. The molecule has 1 aliphatic rings. The van der Waals surface area contributed by atoms with Crippen LogP contribution in [0.2, 0.25) is 0 Å². The number of nitrogens with one attached hydrogen (secondary N) is 2. The largest absolute Gasteiger partial charge is 0.506 e. The first kappa shape index (κ1) is 22.3. The molecule has 0 aliphatic carbocycles. The first-order chi connectivity index (χ1) is 15.4. The van der Waals surface area contributed by atoms with Crippen molar-refractivity contribution in [2.45, 2.75) is 20.4 Å². The highest BCUT2D eigenvalue weighted by Crippen LogP contribution is 2.35. The molecular formula is C24H29N4O3P. The summed E-state index contributed by atoms with van der Waals surface area (Å²) in [5, 5.41) is 18.8. The Hall–Kier alpha value is -2.89. The van der Waals surface area contributed by atoms with Crippen molar-refractivity contribution in [3.63, 3.8) is 0 Å². The lowest BCUT2D eigenvalue weighted by Crippen LogP contribution is -2.43. The number of anilines is 2. The zero-order valence-electron chi connectivity index (χ0n) is 18.4. The zero-order valence-corrected chi connectivity index (χ0v) is 19.5. The van der Waals surface area contributed by atoms with E-state index in [0.29, 0.717) is 23.1 Å². The highest BCUT2D eigenvalue weighted by atomic mass is 31.0. The number of fused-ring (bicyclic) bond motifs is 1. The smallest absolute Gasteiger partial charge is 0.267 e. The Bertz CT molecular complexity index is 1220. The van der Waals surface area contributed by atoms with Crippen LogP contribution >= 0.6 is 9.24 Å². The first-order valence-corrected chi connectivity index (χ1v) is 11.5. The van der Waals surface area contributed by atoms with Crippen molar-refractivity contribution in [1.29, 1.82) is 0 Å². The van der Waals surface area contributed by atoms with Gasteiger partial charge in [-0.2, -0.15) is 0 Å². The standard InChI is InChI=1S/C24H29N4O3P/c1-15(2)14-28-19-8-4-7-18(27-11-9-25-10-12-27)20(19)22(29)21(24(28)31)23(30)26-16-5-3-6-17(32)13-16/h3-8,13,15,25,29H,9-12,14,32H2,1-2H3,(H,26,30). The van der Waals surface area contributed by atoms with E-state index in [1.54, 1.807) is 16.7 Å². The number of rotatable bonds is 5. The number of hydrogen-bond donors (Lipinski definition) is 3. The molecule has 168 valence electrons. The summed E-state index contributed by atoms with van der Waals surface area (Å²) in [6, 6.07) is 12.9. The SMILES string of the molecule is CC(C)Cn1c(=O)c(C(=O)Nc2cccc(P)c2)c(O)c2c(N3CCNCC3)cccc21. The minimum Gasteiger partial charge on any atom is -0.506 e. The molecule has 1 atom stereocenters. The van der Waals surface area contributed by atoms with Gasteiger partial charge in [0, 0.05) is 44.1 Å². The number of carbonyl (C=O) groups is 1. The summed E-state index contributed by atoms with van der Waals surface area (Å²) in [6.07, 6.45) is 0. The molecule has 0 spiro atoms. The Balaban J connectivity index is 1.91. The number of benzene rings is 2. The van der Waals surface area contributed by atoms with Gasteiger partial charge in [0.05, 0.1) is 10.9 Å². The predicted octanol–water partition coefficient (Wildman–Crippen LogP) is 2.53. The van der Waals surface area contributed by atoms with Crippen LogP contribution in [0, 0.1) is 5.92 Å². The molecule has 0 bridgehead atoms. The van der Waals surface area contributed by atoms with Crippen LogP contribution in [0.3, 0.4) is 0 Å². The monoisotopic (exact) mass is 452 g/mol. The van der Waals surface area contributed by atoms with Crippen molar-refractivity contribution < 1.29 is 9.90 Å². The van der Waals surface area contributed by atoms with E-state index in [2.05, 4.69) is 24.8 Å². The number of aromatic nitrogens is 1. The summed E-state index contributed by atoms with van der Waals surface area (Å²) >= 11 is 0. The van der Waals surface area contributed by atoms with E-state index in [0.717, 1.165) is 37.2 Å². The molecule has 7 nitrogen and oxygen atoms in total. The van der Waals surface area contributed by atoms with E-state index in [1.807, 2.05) is 44.2 Å². The summed E-state index contributed by atoms with van der Waals surface area (Å²) in [4.78, 5) is 28.8. The van der Waals surface area contributed by atoms with Crippen molar-refractivity contribution in [3.8, 4) is 5.75 Å². The lowest BCUT2D eigenvalue weighted by molar-refractivity contribution is 0.102. The maximum absolute atomic E-state index is 13.4. The normalized spacial score (nSPS) is 14.2. The molecule has 8 heteroatoms. The molecule has 3 N–H and O–H groups in total. The molecule has 1 unspecified atom stereocenters. The third-order valence-corrected chi connectivity index (χ3v) is 5.98. The van der Waals surface area contributed by atoms with E-state index >= 15 is 0 Å². The first-order valence-electron chi connectivity index (χ1n) is 10.9. The van der Waals surface area contributed by atoms with Crippen LogP contribution in [-0.2, 0) is 6.54 Å². The van der Waals surface area contributed by atoms with Gasteiger partial charge in [-0.1, -0.05) is 32.0 Å². The van der Waals surface area contributed by atoms with Gasteiger partial charge >= 0.3 is 0 Å². The number of nitrogens with zero attached hydrogens (tertiary/aromatic N) is 2. The average Bonchev–Trinajstić information content (AvgIpc) is 2.76. The van der Waals surface area contributed by atoms with E-state index < -0.39 is 11.5 Å². The van der Waals surface area contributed by atoms with Crippen LogP contribution in [0.15, 0.2) is 47.3 Å². The summed E-state index contributed by atoms with van der Waals surface area (Å²) in [6.45, 7) is 7.73. The van der Waals surface area contributed by atoms with Gasteiger partial charge in [0.25, 0.3) is 11.5 Å². The molecule has 0 saturated carbocycles. The van der Waals surface area contributed by atoms with Gasteiger partial charge in [0.1, 0.15) is 11.3 Å². The van der Waals surface area contributed by atoms with Gasteiger partial charge in [-0.25, -0.2) is 0 Å². The Labute approximate surface area is 189 Å². The second-order valence-electron chi connectivity index (χ2n) is 8.52. The van der Waals surface area contributed by atoms with Crippen LogP contribution in [0.5, 0.6) is 5.75 Å². The molecule has 2 aromatic carbocycles. The predicted molar refractivity (Wildman–Crippen MR) is 134 cm³/mol. The molecule has 2 heterocycles. The number of amides is 1. The van der Waals surface area contributed by atoms with Crippen LogP contribution in [0.25, 0.3) is 10.9 Å². The van der Waals surface area contributed by atoms with Crippen LogP contribution < -0.4 is 26.4 Å². The van der Waals surface area contributed by atoms with Crippen molar-refractivity contribution in [2.75, 3.05) is 36.4 Å².